The fourth-order valence-electron chi connectivity index (χ4n) is 6.06. The molecule has 2 aliphatic rings. The van der Waals surface area contributed by atoms with Crippen LogP contribution < -0.4 is 0 Å². The van der Waals surface area contributed by atoms with Crippen LogP contribution in [0.25, 0.3) is 0 Å². The Kier molecular flexibility index (Phi) is 12.2. The van der Waals surface area contributed by atoms with Crippen molar-refractivity contribution in [2.24, 2.45) is 11.8 Å². The summed E-state index contributed by atoms with van der Waals surface area (Å²) in [4.78, 5) is 28.2. The standard InChI is InChI=1S/C34H51NO9/c1-11-17-39-34(8,19-21(2)20-36)29(23(4)27-24(5)30(37)44-33(6,7)43-27)42-32-28(26(35(9)10)18-22(3)40-32)41-31(38)25-15-13-12-14-16-25/h11-16,21-23,26,28-29,32,36H,1,17-20H2,2-10H3/t21-,22-,23+,26?,28?,29-,32+,34-/m1/s1. The Bertz CT molecular complexity index is 1170. The van der Waals surface area contributed by atoms with Crippen molar-refractivity contribution in [3.05, 3.63) is 59.9 Å². The van der Waals surface area contributed by atoms with Crippen LogP contribution in [0.1, 0.15) is 71.7 Å². The normalized spacial score (nSPS) is 27.0. The van der Waals surface area contributed by atoms with E-state index in [0.29, 0.717) is 29.7 Å². The number of nitrogens with zero attached hydrogens (tertiary/aromatic N) is 1. The van der Waals surface area contributed by atoms with Gasteiger partial charge in [-0.25, -0.2) is 9.59 Å². The fourth-order valence-corrected chi connectivity index (χ4v) is 6.06. The van der Waals surface area contributed by atoms with Crippen LogP contribution in [-0.4, -0.2) is 91.3 Å². The predicted octanol–water partition coefficient (Wildman–Crippen LogP) is 4.86. The van der Waals surface area contributed by atoms with Crippen molar-refractivity contribution in [2.45, 2.75) is 103 Å². The largest absolute Gasteiger partial charge is 0.456 e. The summed E-state index contributed by atoms with van der Waals surface area (Å²) in [7, 11) is 3.86. The minimum atomic E-state index is -1.19. The summed E-state index contributed by atoms with van der Waals surface area (Å²) in [6, 6.07) is 8.58. The number of hydrogen-bond donors (Lipinski definition) is 1. The Morgan fingerprint density at radius 3 is 2.48 bits per heavy atom. The van der Waals surface area contributed by atoms with E-state index in [-0.39, 0.29) is 31.3 Å². The maximum atomic E-state index is 13.4. The molecule has 8 atom stereocenters. The third-order valence-corrected chi connectivity index (χ3v) is 8.22. The van der Waals surface area contributed by atoms with Crippen LogP contribution in [0.5, 0.6) is 0 Å². The molecular weight excluding hydrogens is 566 g/mol. The number of hydrogen-bond acceptors (Lipinski definition) is 10. The molecule has 10 nitrogen and oxygen atoms in total. The summed E-state index contributed by atoms with van der Waals surface area (Å²) in [5.74, 6) is -2.46. The third-order valence-electron chi connectivity index (χ3n) is 8.22. The molecule has 1 aromatic rings. The van der Waals surface area contributed by atoms with Gasteiger partial charge in [-0.1, -0.05) is 38.1 Å². The first-order chi connectivity index (χ1) is 20.6. The molecule has 2 unspecified atom stereocenters. The average Bonchev–Trinajstić information content (AvgIpc) is 2.97. The van der Waals surface area contributed by atoms with E-state index in [0.717, 1.165) is 0 Å². The maximum Gasteiger partial charge on any atom is 0.340 e. The Morgan fingerprint density at radius 2 is 1.89 bits per heavy atom. The summed E-state index contributed by atoms with van der Waals surface area (Å²) < 4.78 is 37.7. The van der Waals surface area contributed by atoms with E-state index < -0.39 is 47.7 Å². The zero-order valence-electron chi connectivity index (χ0n) is 27.7. The Balaban J connectivity index is 2.12. The molecule has 10 heteroatoms. The average molecular weight is 618 g/mol. The lowest BCUT2D eigenvalue weighted by molar-refractivity contribution is -0.299. The maximum absolute atomic E-state index is 13.4. The van der Waals surface area contributed by atoms with E-state index in [1.807, 2.05) is 52.8 Å². The minimum absolute atomic E-state index is 0.0668. The number of aliphatic hydroxyl groups excluding tert-OH is 1. The van der Waals surface area contributed by atoms with Crippen LogP contribution in [0.2, 0.25) is 0 Å². The predicted molar refractivity (Wildman–Crippen MR) is 165 cm³/mol. The van der Waals surface area contributed by atoms with Crippen molar-refractivity contribution >= 4 is 11.9 Å². The molecule has 1 fully saturated rings. The summed E-state index contributed by atoms with van der Waals surface area (Å²) >= 11 is 0. The van der Waals surface area contributed by atoms with Crippen molar-refractivity contribution in [2.75, 3.05) is 27.3 Å². The van der Waals surface area contributed by atoms with Gasteiger partial charge in [0, 0.05) is 26.4 Å². The second-order valence-electron chi connectivity index (χ2n) is 12.9. The SMILES string of the molecule is C=CCO[C@](C)(C[C@@H](C)CO)[C@H](O[C@@H]1O[C@H](C)CC(N(C)C)C1OC(=O)c1ccccc1)[C@@H](C)C1=C(C)C(=O)OC(C)(C)O1. The number of cyclic esters (lactones) is 1. The lowest BCUT2D eigenvalue weighted by Crippen LogP contribution is -2.60. The smallest absolute Gasteiger partial charge is 0.340 e. The molecule has 1 aromatic carbocycles. The highest BCUT2D eigenvalue weighted by Crippen LogP contribution is 2.41. The lowest BCUT2D eigenvalue weighted by Gasteiger charge is -2.48. The van der Waals surface area contributed by atoms with Gasteiger partial charge >= 0.3 is 11.9 Å². The van der Waals surface area contributed by atoms with Crippen LogP contribution in [-0.2, 0) is 33.2 Å². The third kappa shape index (κ3) is 8.69. The molecule has 3 rings (SSSR count). The first kappa shape index (κ1) is 35.7. The van der Waals surface area contributed by atoms with Gasteiger partial charge in [0.25, 0.3) is 0 Å². The van der Waals surface area contributed by atoms with Gasteiger partial charge in [-0.3, -0.25) is 0 Å². The Labute approximate surface area is 262 Å². The topological polar surface area (TPSA) is 113 Å². The van der Waals surface area contributed by atoms with Gasteiger partial charge in [-0.15, -0.1) is 6.58 Å². The lowest BCUT2D eigenvalue weighted by atomic mass is 9.80. The molecule has 0 spiro atoms. The number of aliphatic hydroxyl groups is 1. The zero-order chi connectivity index (χ0) is 32.8. The highest BCUT2D eigenvalue weighted by Gasteiger charge is 2.50. The van der Waals surface area contributed by atoms with Crippen LogP contribution in [0.4, 0.5) is 0 Å². The monoisotopic (exact) mass is 617 g/mol. The number of benzene rings is 1. The van der Waals surface area contributed by atoms with Gasteiger partial charge < -0.3 is 38.4 Å². The molecule has 0 amide bonds. The first-order valence-corrected chi connectivity index (χ1v) is 15.3. The van der Waals surface area contributed by atoms with Crippen LogP contribution >= 0.6 is 0 Å². The quantitative estimate of drug-likeness (QED) is 0.229. The van der Waals surface area contributed by atoms with E-state index in [4.69, 9.17) is 28.4 Å². The van der Waals surface area contributed by atoms with E-state index >= 15 is 0 Å². The molecule has 246 valence electrons. The van der Waals surface area contributed by atoms with Crippen molar-refractivity contribution in [3.8, 4) is 0 Å². The van der Waals surface area contributed by atoms with E-state index in [1.165, 1.54) is 0 Å². The van der Waals surface area contributed by atoms with E-state index in [1.54, 1.807) is 51.1 Å². The number of rotatable bonds is 14. The Morgan fingerprint density at radius 1 is 1.23 bits per heavy atom. The zero-order valence-corrected chi connectivity index (χ0v) is 27.7. The molecule has 2 aliphatic heterocycles. The number of esters is 2. The Hall–Kier alpha value is -2.76. The second kappa shape index (κ2) is 15.0. The fraction of sp³-hybridized carbons (Fsp3) is 0.647. The van der Waals surface area contributed by atoms with Gasteiger partial charge in [0.15, 0.2) is 12.4 Å². The van der Waals surface area contributed by atoms with Crippen LogP contribution in [0.3, 0.4) is 0 Å². The van der Waals surface area contributed by atoms with Crippen LogP contribution in [0.15, 0.2) is 54.3 Å². The second-order valence-corrected chi connectivity index (χ2v) is 12.9. The molecule has 44 heavy (non-hydrogen) atoms. The highest BCUT2D eigenvalue weighted by molar-refractivity contribution is 5.89. The summed E-state index contributed by atoms with van der Waals surface area (Å²) in [6.45, 7) is 16.7. The molecule has 0 bridgehead atoms. The van der Waals surface area contributed by atoms with Crippen LogP contribution in [0, 0.1) is 11.8 Å². The molecule has 2 heterocycles. The molecule has 0 aliphatic carbocycles. The van der Waals surface area contributed by atoms with Gasteiger partial charge in [0.05, 0.1) is 41.6 Å². The molecule has 1 saturated heterocycles. The van der Waals surface area contributed by atoms with Gasteiger partial charge in [0.2, 0.25) is 5.79 Å². The van der Waals surface area contributed by atoms with E-state index in [2.05, 4.69) is 6.58 Å². The number of carbonyl (C=O) groups excluding carboxylic acids is 2. The number of ether oxygens (including phenoxy) is 6. The van der Waals surface area contributed by atoms with Crippen molar-refractivity contribution in [1.29, 1.82) is 0 Å². The van der Waals surface area contributed by atoms with Crippen molar-refractivity contribution in [1.82, 2.24) is 4.90 Å². The van der Waals surface area contributed by atoms with Crippen molar-refractivity contribution < 1.29 is 43.1 Å². The highest BCUT2D eigenvalue weighted by atomic mass is 16.7. The summed E-state index contributed by atoms with van der Waals surface area (Å²) in [5.41, 5.74) is -0.285. The summed E-state index contributed by atoms with van der Waals surface area (Å²) in [5, 5.41) is 10.0. The molecular formula is C34H51NO9. The van der Waals surface area contributed by atoms with E-state index in [9.17, 15) is 14.7 Å². The van der Waals surface area contributed by atoms with Crippen molar-refractivity contribution in [3.63, 3.8) is 0 Å². The molecule has 0 saturated carbocycles. The molecule has 1 N–H and O–H groups in total. The van der Waals surface area contributed by atoms with Gasteiger partial charge in [-0.2, -0.15) is 0 Å². The number of likely N-dealkylation sites (N-methyl/N-ethyl adjacent to an activating group) is 1. The van der Waals surface area contributed by atoms with Gasteiger partial charge in [-0.05, 0) is 65.8 Å². The first-order valence-electron chi connectivity index (χ1n) is 15.3. The van der Waals surface area contributed by atoms with Gasteiger partial charge in [0.1, 0.15) is 5.76 Å². The summed E-state index contributed by atoms with van der Waals surface area (Å²) in [6.07, 6.45) is -0.138. The number of carbonyl (C=O) groups is 2. The molecule has 0 radical (unpaired) electrons. The molecule has 0 aromatic heterocycles. The minimum Gasteiger partial charge on any atom is -0.456 e.